The van der Waals surface area contributed by atoms with Crippen LogP contribution in [0.1, 0.15) is 37.3 Å². The van der Waals surface area contributed by atoms with Crippen LogP contribution in [0.4, 0.5) is 10.8 Å². The van der Waals surface area contributed by atoms with Crippen molar-refractivity contribution in [3.8, 4) is 0 Å². The summed E-state index contributed by atoms with van der Waals surface area (Å²) in [6.07, 6.45) is 3.45. The van der Waals surface area contributed by atoms with Crippen molar-refractivity contribution in [1.82, 2.24) is 15.1 Å². The lowest BCUT2D eigenvalue weighted by atomic mass is 10.0. The van der Waals surface area contributed by atoms with Crippen LogP contribution in [0.25, 0.3) is 0 Å². The van der Waals surface area contributed by atoms with Crippen LogP contribution in [0.3, 0.4) is 0 Å². The molecule has 5 nitrogen and oxygen atoms in total. The lowest BCUT2D eigenvalue weighted by Crippen LogP contribution is -2.42. The van der Waals surface area contributed by atoms with Crippen molar-refractivity contribution in [2.24, 2.45) is 0 Å². The van der Waals surface area contributed by atoms with Gasteiger partial charge in [0.15, 0.2) is 4.34 Å². The zero-order chi connectivity index (χ0) is 17.8. The van der Waals surface area contributed by atoms with Gasteiger partial charge in [-0.25, -0.2) is 0 Å². The Balaban J connectivity index is 1.56. The summed E-state index contributed by atoms with van der Waals surface area (Å²) in [5.74, 6) is 0.638. The molecule has 134 valence electrons. The maximum Gasteiger partial charge on any atom is 0.233 e. The van der Waals surface area contributed by atoms with Gasteiger partial charge in [0.1, 0.15) is 0 Å². The summed E-state index contributed by atoms with van der Waals surface area (Å²) in [6, 6.07) is 6.52. The van der Waals surface area contributed by atoms with Crippen molar-refractivity contribution in [1.29, 1.82) is 0 Å². The SMILES string of the molecule is Cc1cccc(Nc2nnc(SCC(=O)N3CCCC[C@H]3C)s2)c1C. The number of carbonyl (C=O) groups excluding carboxylic acids is 1. The average molecular weight is 377 g/mol. The van der Waals surface area contributed by atoms with E-state index >= 15 is 0 Å². The highest BCUT2D eigenvalue weighted by atomic mass is 32.2. The normalized spacial score (nSPS) is 17.6. The minimum absolute atomic E-state index is 0.205. The Bertz CT molecular complexity index is 746. The number of nitrogens with one attached hydrogen (secondary N) is 1. The van der Waals surface area contributed by atoms with E-state index in [1.165, 1.54) is 40.6 Å². The minimum atomic E-state index is 0.205. The number of likely N-dealkylation sites (tertiary alicyclic amines) is 1. The maximum atomic E-state index is 12.4. The number of amides is 1. The monoisotopic (exact) mass is 376 g/mol. The Morgan fingerprint density at radius 1 is 1.36 bits per heavy atom. The zero-order valence-corrected chi connectivity index (χ0v) is 16.5. The van der Waals surface area contributed by atoms with Crippen molar-refractivity contribution < 1.29 is 4.79 Å². The van der Waals surface area contributed by atoms with E-state index in [-0.39, 0.29) is 5.91 Å². The van der Waals surface area contributed by atoms with Gasteiger partial charge in [-0.3, -0.25) is 4.79 Å². The Labute approximate surface area is 157 Å². The molecular weight excluding hydrogens is 352 g/mol. The standard InChI is InChI=1S/C18H24N4OS2/c1-12-7-6-9-15(14(12)3)19-17-20-21-18(25-17)24-11-16(23)22-10-5-4-8-13(22)2/h6-7,9,13H,4-5,8,10-11H2,1-3H3,(H,19,20)/t13-/m1/s1. The van der Waals surface area contributed by atoms with Crippen molar-refractivity contribution in [3.05, 3.63) is 29.3 Å². The third kappa shape index (κ3) is 4.52. The van der Waals surface area contributed by atoms with E-state index in [4.69, 9.17) is 0 Å². The summed E-state index contributed by atoms with van der Waals surface area (Å²) in [4.78, 5) is 14.4. The summed E-state index contributed by atoms with van der Waals surface area (Å²) >= 11 is 2.97. The summed E-state index contributed by atoms with van der Waals surface area (Å²) in [6.45, 7) is 7.21. The predicted molar refractivity (Wildman–Crippen MR) is 105 cm³/mol. The number of rotatable bonds is 5. The fourth-order valence-corrected chi connectivity index (χ4v) is 4.65. The lowest BCUT2D eigenvalue weighted by Gasteiger charge is -2.33. The highest BCUT2D eigenvalue weighted by molar-refractivity contribution is 8.01. The summed E-state index contributed by atoms with van der Waals surface area (Å²) in [7, 11) is 0. The number of aromatic nitrogens is 2. The molecule has 1 aromatic carbocycles. The highest BCUT2D eigenvalue weighted by Crippen LogP contribution is 2.30. The van der Waals surface area contributed by atoms with E-state index in [2.05, 4.69) is 42.4 Å². The van der Waals surface area contributed by atoms with Crippen molar-refractivity contribution in [3.63, 3.8) is 0 Å². The summed E-state index contributed by atoms with van der Waals surface area (Å²) in [5, 5.41) is 12.5. The number of benzene rings is 1. The number of thioether (sulfide) groups is 1. The second-order valence-electron chi connectivity index (χ2n) is 6.47. The van der Waals surface area contributed by atoms with Gasteiger partial charge in [-0.1, -0.05) is 35.2 Å². The van der Waals surface area contributed by atoms with E-state index in [0.29, 0.717) is 11.8 Å². The molecule has 1 amide bonds. The van der Waals surface area contributed by atoms with E-state index in [9.17, 15) is 4.79 Å². The van der Waals surface area contributed by atoms with Gasteiger partial charge in [-0.15, -0.1) is 10.2 Å². The molecule has 0 spiro atoms. The predicted octanol–water partition coefficient (Wildman–Crippen LogP) is 4.39. The van der Waals surface area contributed by atoms with Crippen molar-refractivity contribution in [2.75, 3.05) is 17.6 Å². The molecule has 0 unspecified atom stereocenters. The fourth-order valence-electron chi connectivity index (χ4n) is 3.00. The van der Waals surface area contributed by atoms with E-state index in [0.717, 1.165) is 34.5 Å². The van der Waals surface area contributed by atoms with Gasteiger partial charge in [0.2, 0.25) is 11.0 Å². The van der Waals surface area contributed by atoms with Crippen LogP contribution < -0.4 is 5.32 Å². The molecule has 1 aliphatic rings. The third-order valence-corrected chi connectivity index (χ3v) is 6.65. The number of anilines is 2. The van der Waals surface area contributed by atoms with Gasteiger partial charge in [-0.05, 0) is 57.2 Å². The van der Waals surface area contributed by atoms with Crippen molar-refractivity contribution in [2.45, 2.75) is 50.4 Å². The second-order valence-corrected chi connectivity index (χ2v) is 8.67. The first-order chi connectivity index (χ1) is 12.0. The van der Waals surface area contributed by atoms with Gasteiger partial charge in [0.05, 0.1) is 5.75 Å². The van der Waals surface area contributed by atoms with Crippen LogP contribution >= 0.6 is 23.1 Å². The molecule has 7 heteroatoms. The first kappa shape index (κ1) is 18.2. The minimum Gasteiger partial charge on any atom is -0.339 e. The van der Waals surface area contributed by atoms with Crippen molar-refractivity contribution >= 4 is 39.8 Å². The topological polar surface area (TPSA) is 58.1 Å². The molecule has 0 radical (unpaired) electrons. The first-order valence-electron chi connectivity index (χ1n) is 8.63. The Hall–Kier alpha value is -1.60. The highest BCUT2D eigenvalue weighted by Gasteiger charge is 2.23. The number of hydrogen-bond donors (Lipinski definition) is 1. The van der Waals surface area contributed by atoms with E-state index < -0.39 is 0 Å². The first-order valence-corrected chi connectivity index (χ1v) is 10.4. The quantitative estimate of drug-likeness (QED) is 0.784. The fraction of sp³-hybridized carbons (Fsp3) is 0.500. The van der Waals surface area contributed by atoms with E-state index in [1.54, 1.807) is 0 Å². The molecule has 1 atom stereocenters. The van der Waals surface area contributed by atoms with Crippen LogP contribution in [-0.2, 0) is 4.79 Å². The molecule has 1 aromatic heterocycles. The number of carbonyl (C=O) groups is 1. The molecule has 2 aromatic rings. The summed E-state index contributed by atoms with van der Waals surface area (Å²) < 4.78 is 0.825. The molecule has 0 aliphatic carbocycles. The van der Waals surface area contributed by atoms with Gasteiger partial charge in [0, 0.05) is 18.3 Å². The van der Waals surface area contributed by atoms with Gasteiger partial charge >= 0.3 is 0 Å². The van der Waals surface area contributed by atoms with Crippen LogP contribution in [-0.4, -0.2) is 39.3 Å². The maximum absolute atomic E-state index is 12.4. The van der Waals surface area contributed by atoms with Gasteiger partial charge < -0.3 is 10.2 Å². The van der Waals surface area contributed by atoms with E-state index in [1.807, 2.05) is 17.0 Å². The Kier molecular flexibility index (Phi) is 5.96. The molecule has 2 heterocycles. The van der Waals surface area contributed by atoms with Crippen LogP contribution in [0.5, 0.6) is 0 Å². The molecular formula is C18H24N4OS2. The smallest absolute Gasteiger partial charge is 0.233 e. The molecule has 1 N–H and O–H groups in total. The number of hydrogen-bond acceptors (Lipinski definition) is 6. The third-order valence-electron chi connectivity index (χ3n) is 4.70. The molecule has 3 rings (SSSR count). The molecule has 1 fully saturated rings. The lowest BCUT2D eigenvalue weighted by molar-refractivity contribution is -0.131. The number of aryl methyl sites for hydroxylation is 1. The largest absolute Gasteiger partial charge is 0.339 e. The average Bonchev–Trinajstić information content (AvgIpc) is 3.05. The Morgan fingerprint density at radius 3 is 3.00 bits per heavy atom. The van der Waals surface area contributed by atoms with Crippen LogP contribution in [0, 0.1) is 13.8 Å². The summed E-state index contributed by atoms with van der Waals surface area (Å²) in [5.41, 5.74) is 3.50. The number of piperidine rings is 1. The number of nitrogens with zero attached hydrogens (tertiary/aromatic N) is 3. The van der Waals surface area contributed by atoms with Gasteiger partial charge in [0.25, 0.3) is 0 Å². The molecule has 0 bridgehead atoms. The van der Waals surface area contributed by atoms with Crippen LogP contribution in [0.2, 0.25) is 0 Å². The molecule has 1 saturated heterocycles. The van der Waals surface area contributed by atoms with Crippen LogP contribution in [0.15, 0.2) is 22.5 Å². The molecule has 0 saturated carbocycles. The zero-order valence-electron chi connectivity index (χ0n) is 14.9. The molecule has 1 aliphatic heterocycles. The Morgan fingerprint density at radius 2 is 2.20 bits per heavy atom. The van der Waals surface area contributed by atoms with Gasteiger partial charge in [-0.2, -0.15) is 0 Å². The second kappa shape index (κ2) is 8.19. The molecule has 25 heavy (non-hydrogen) atoms.